The highest BCUT2D eigenvalue weighted by Gasteiger charge is 2.45. The highest BCUT2D eigenvalue weighted by molar-refractivity contribution is 7.13. The normalized spacial score (nSPS) is 19.3. The monoisotopic (exact) mass is 406 g/mol. The Hall–Kier alpha value is -3.19. The number of benzene rings is 2. The van der Waals surface area contributed by atoms with E-state index in [2.05, 4.69) is 34.6 Å². The van der Waals surface area contributed by atoms with Crippen molar-refractivity contribution in [1.82, 2.24) is 4.98 Å². The molecule has 0 spiro atoms. The van der Waals surface area contributed by atoms with Gasteiger partial charge in [-0.3, -0.25) is 10.1 Å². The number of rotatable bonds is 5. The number of ether oxygens (including phenoxy) is 1. The molecule has 0 aliphatic heterocycles. The fourth-order valence-corrected chi connectivity index (χ4v) is 4.79. The molecule has 0 unspecified atom stereocenters. The molecule has 6 nitrogen and oxygen atoms in total. The Balaban J connectivity index is 1.24. The van der Waals surface area contributed by atoms with Crippen LogP contribution in [0, 0.1) is 5.92 Å². The summed E-state index contributed by atoms with van der Waals surface area (Å²) < 4.78 is 5.51. The lowest BCUT2D eigenvalue weighted by Crippen LogP contribution is -2.17. The Labute approximate surface area is 171 Å². The van der Waals surface area contributed by atoms with Crippen LogP contribution >= 0.6 is 11.3 Å². The molecule has 3 aromatic rings. The minimum absolute atomic E-state index is 0.00259. The molecule has 1 amide bonds. The molecule has 1 fully saturated rings. The maximum atomic E-state index is 12.3. The van der Waals surface area contributed by atoms with Crippen molar-refractivity contribution < 1.29 is 19.4 Å². The van der Waals surface area contributed by atoms with Gasteiger partial charge in [0.25, 0.3) is 0 Å². The Morgan fingerprint density at radius 3 is 2.38 bits per heavy atom. The minimum atomic E-state index is -0.797. The zero-order chi connectivity index (χ0) is 20.0. The van der Waals surface area contributed by atoms with E-state index in [0.29, 0.717) is 11.6 Å². The van der Waals surface area contributed by atoms with E-state index in [4.69, 9.17) is 9.84 Å². The van der Waals surface area contributed by atoms with Gasteiger partial charge in [-0.2, -0.15) is 0 Å². The molecule has 1 saturated carbocycles. The highest BCUT2D eigenvalue weighted by Crippen LogP contribution is 2.48. The van der Waals surface area contributed by atoms with Crippen molar-refractivity contribution in [3.05, 3.63) is 70.7 Å². The van der Waals surface area contributed by atoms with Crippen LogP contribution in [-0.2, 0) is 9.53 Å². The molecule has 1 heterocycles. The number of aliphatic carboxylic acids is 1. The van der Waals surface area contributed by atoms with E-state index < -0.39 is 12.1 Å². The van der Waals surface area contributed by atoms with Gasteiger partial charge in [0.1, 0.15) is 6.61 Å². The number of amides is 1. The minimum Gasteiger partial charge on any atom is -0.481 e. The van der Waals surface area contributed by atoms with Gasteiger partial charge in [-0.1, -0.05) is 48.5 Å². The van der Waals surface area contributed by atoms with Crippen LogP contribution in [0.2, 0.25) is 0 Å². The predicted molar refractivity (Wildman–Crippen MR) is 109 cm³/mol. The lowest BCUT2D eigenvalue weighted by Gasteiger charge is -2.14. The average molecular weight is 406 g/mol. The molecular formula is C22H18N2O4S. The number of nitrogens with one attached hydrogen (secondary N) is 1. The number of carbonyl (C=O) groups is 2. The SMILES string of the molecule is O=C(Nc1nc([C@@H]2C[C@H]2C(=O)O)cs1)OCC1c2ccccc2-c2ccccc21. The average Bonchev–Trinajstić information content (AvgIpc) is 3.30. The first-order valence-electron chi connectivity index (χ1n) is 9.42. The number of fused-ring (bicyclic) bond motifs is 3. The molecule has 0 radical (unpaired) electrons. The van der Waals surface area contributed by atoms with Crippen LogP contribution in [0.3, 0.4) is 0 Å². The van der Waals surface area contributed by atoms with E-state index in [0.717, 1.165) is 16.8 Å². The summed E-state index contributed by atoms with van der Waals surface area (Å²) in [4.78, 5) is 27.6. The van der Waals surface area contributed by atoms with Gasteiger partial charge >= 0.3 is 12.1 Å². The lowest BCUT2D eigenvalue weighted by atomic mass is 9.98. The van der Waals surface area contributed by atoms with Gasteiger partial charge in [0.2, 0.25) is 0 Å². The molecule has 146 valence electrons. The zero-order valence-corrected chi connectivity index (χ0v) is 16.2. The summed E-state index contributed by atoms with van der Waals surface area (Å²) in [6.07, 6.45) is 0.0436. The second-order valence-electron chi connectivity index (χ2n) is 7.31. The molecule has 2 aliphatic rings. The van der Waals surface area contributed by atoms with Gasteiger partial charge in [-0.15, -0.1) is 11.3 Å². The summed E-state index contributed by atoms with van der Waals surface area (Å²) in [5.74, 6) is -1.21. The first kappa shape index (κ1) is 17.9. The van der Waals surface area contributed by atoms with E-state index in [9.17, 15) is 9.59 Å². The summed E-state index contributed by atoms with van der Waals surface area (Å²) in [6.45, 7) is 0.238. The van der Waals surface area contributed by atoms with Crippen LogP contribution in [0.15, 0.2) is 53.9 Å². The number of hydrogen-bond acceptors (Lipinski definition) is 5. The molecule has 0 bridgehead atoms. The molecule has 2 atom stereocenters. The Kier molecular flexibility index (Phi) is 4.32. The van der Waals surface area contributed by atoms with Crippen molar-refractivity contribution in [2.75, 3.05) is 11.9 Å². The third-order valence-electron chi connectivity index (χ3n) is 5.56. The lowest BCUT2D eigenvalue weighted by molar-refractivity contribution is -0.138. The third kappa shape index (κ3) is 3.27. The Morgan fingerprint density at radius 1 is 1.10 bits per heavy atom. The molecule has 2 aliphatic carbocycles. The van der Waals surface area contributed by atoms with E-state index >= 15 is 0 Å². The second kappa shape index (κ2) is 7.00. The van der Waals surface area contributed by atoms with Gasteiger partial charge in [-0.25, -0.2) is 9.78 Å². The summed E-state index contributed by atoms with van der Waals surface area (Å²) >= 11 is 1.28. The predicted octanol–water partition coefficient (Wildman–Crippen LogP) is 4.69. The first-order chi connectivity index (χ1) is 14.1. The van der Waals surface area contributed by atoms with Crippen molar-refractivity contribution in [2.45, 2.75) is 18.3 Å². The summed E-state index contributed by atoms with van der Waals surface area (Å²) in [6, 6.07) is 16.3. The van der Waals surface area contributed by atoms with E-state index in [1.807, 2.05) is 24.3 Å². The Morgan fingerprint density at radius 2 is 1.76 bits per heavy atom. The maximum absolute atomic E-state index is 12.3. The maximum Gasteiger partial charge on any atom is 0.413 e. The smallest absolute Gasteiger partial charge is 0.413 e. The van der Waals surface area contributed by atoms with Crippen LogP contribution in [0.4, 0.5) is 9.93 Å². The number of carboxylic acids is 1. The number of carbonyl (C=O) groups excluding carboxylic acids is 1. The number of thiazole rings is 1. The fourth-order valence-electron chi connectivity index (χ4n) is 4.03. The molecule has 1 aromatic heterocycles. The molecule has 0 saturated heterocycles. The number of carboxylic acid groups (broad SMARTS) is 1. The number of nitrogens with zero attached hydrogens (tertiary/aromatic N) is 1. The van der Waals surface area contributed by atoms with Crippen molar-refractivity contribution in [1.29, 1.82) is 0 Å². The van der Waals surface area contributed by atoms with E-state index in [-0.39, 0.29) is 24.4 Å². The van der Waals surface area contributed by atoms with Gasteiger partial charge in [0.05, 0.1) is 11.6 Å². The topological polar surface area (TPSA) is 88.5 Å². The fraction of sp³-hybridized carbons (Fsp3) is 0.227. The van der Waals surface area contributed by atoms with Crippen molar-refractivity contribution >= 4 is 28.5 Å². The quantitative estimate of drug-likeness (QED) is 0.642. The van der Waals surface area contributed by atoms with Crippen LogP contribution in [-0.4, -0.2) is 28.8 Å². The number of aromatic nitrogens is 1. The van der Waals surface area contributed by atoms with Crippen LogP contribution in [0.25, 0.3) is 11.1 Å². The number of hydrogen-bond donors (Lipinski definition) is 2. The second-order valence-corrected chi connectivity index (χ2v) is 8.17. The molecule has 29 heavy (non-hydrogen) atoms. The number of anilines is 1. The largest absolute Gasteiger partial charge is 0.481 e. The zero-order valence-electron chi connectivity index (χ0n) is 15.4. The van der Waals surface area contributed by atoms with Crippen molar-refractivity contribution in [2.24, 2.45) is 5.92 Å². The third-order valence-corrected chi connectivity index (χ3v) is 6.34. The molecule has 7 heteroatoms. The van der Waals surface area contributed by atoms with Crippen LogP contribution in [0.5, 0.6) is 0 Å². The summed E-state index contributed by atoms with van der Waals surface area (Å²) in [7, 11) is 0. The van der Waals surface area contributed by atoms with Crippen molar-refractivity contribution in [3.63, 3.8) is 0 Å². The molecule has 5 rings (SSSR count). The van der Waals surface area contributed by atoms with Crippen LogP contribution < -0.4 is 5.32 Å². The highest BCUT2D eigenvalue weighted by atomic mass is 32.1. The van der Waals surface area contributed by atoms with E-state index in [1.165, 1.54) is 22.5 Å². The van der Waals surface area contributed by atoms with Gasteiger partial charge in [0, 0.05) is 17.2 Å². The first-order valence-corrected chi connectivity index (χ1v) is 10.3. The van der Waals surface area contributed by atoms with Gasteiger partial charge in [-0.05, 0) is 28.7 Å². The molecule has 2 aromatic carbocycles. The van der Waals surface area contributed by atoms with Gasteiger partial charge < -0.3 is 9.84 Å². The van der Waals surface area contributed by atoms with E-state index in [1.54, 1.807) is 5.38 Å². The van der Waals surface area contributed by atoms with Crippen LogP contribution in [0.1, 0.15) is 35.1 Å². The summed E-state index contributed by atoms with van der Waals surface area (Å²) in [5.41, 5.74) is 5.40. The Bertz CT molecular complexity index is 1060. The van der Waals surface area contributed by atoms with Crippen molar-refractivity contribution in [3.8, 4) is 11.1 Å². The molecule has 2 N–H and O–H groups in total. The van der Waals surface area contributed by atoms with Gasteiger partial charge in [0.15, 0.2) is 5.13 Å². The summed E-state index contributed by atoms with van der Waals surface area (Å²) in [5, 5.41) is 13.9. The molecular weight excluding hydrogens is 388 g/mol. The standard InChI is InChI=1S/C22H18N2O4S/c25-20(26)17-9-16(17)19-11-29-21(23-19)24-22(27)28-10-18-14-7-3-1-5-12(14)13-6-2-4-8-15(13)18/h1-8,11,16-18H,9-10H2,(H,25,26)(H,23,24,27)/t16-,17-/m1/s1.